The van der Waals surface area contributed by atoms with Crippen molar-refractivity contribution in [3.05, 3.63) is 47.1 Å². The number of hydrogen-bond acceptors (Lipinski definition) is 8. The molecule has 1 fully saturated rings. The molecule has 8 nitrogen and oxygen atoms in total. The van der Waals surface area contributed by atoms with Crippen LogP contribution in [0.15, 0.2) is 47.1 Å². The maximum Gasteiger partial charge on any atom is 0.334 e. The van der Waals surface area contributed by atoms with E-state index < -0.39 is 42.1 Å². The highest BCUT2D eigenvalue weighted by Gasteiger charge is 2.45. The molecule has 164 valence electrons. The normalized spacial score (nSPS) is 30.9. The Morgan fingerprint density at radius 2 is 2.00 bits per heavy atom. The number of fused-ring (bicyclic) bond motifs is 1. The van der Waals surface area contributed by atoms with Crippen LogP contribution in [0.1, 0.15) is 33.6 Å². The number of carbonyl (C=O) groups excluding carboxylic acids is 3. The van der Waals surface area contributed by atoms with Gasteiger partial charge in [-0.1, -0.05) is 12.7 Å². The lowest BCUT2D eigenvalue weighted by molar-refractivity contribution is -0.148. The van der Waals surface area contributed by atoms with Crippen molar-refractivity contribution < 1.29 is 38.8 Å². The molecule has 2 N–H and O–H groups in total. The maximum atomic E-state index is 12.5. The standard InChI is InChI=1S/C22H28O8/c1-12(7-8-23)21(26)29-19-10-16(11-24)5-6-17(28-15(4)25)13(2)9-18-20(19)14(3)22(27)30-18/h5,7,9,17-20,23-24H,3,6,8,10-11H2,1-2,4H3/b12-7+,13-9-,16-5+. The molecule has 8 heteroatoms. The van der Waals surface area contributed by atoms with Crippen molar-refractivity contribution in [2.75, 3.05) is 13.2 Å². The molecular weight excluding hydrogens is 392 g/mol. The second-order valence-electron chi connectivity index (χ2n) is 7.40. The van der Waals surface area contributed by atoms with E-state index in [4.69, 9.17) is 19.3 Å². The number of aliphatic hydroxyl groups is 2. The lowest BCUT2D eigenvalue weighted by atomic mass is 9.85. The van der Waals surface area contributed by atoms with E-state index >= 15 is 0 Å². The van der Waals surface area contributed by atoms with Crippen molar-refractivity contribution in [2.24, 2.45) is 5.92 Å². The Hall–Kier alpha value is -2.71. The fourth-order valence-corrected chi connectivity index (χ4v) is 3.51. The summed E-state index contributed by atoms with van der Waals surface area (Å²) in [6.07, 6.45) is 3.04. The van der Waals surface area contributed by atoms with Crippen molar-refractivity contribution in [3.63, 3.8) is 0 Å². The Bertz CT molecular complexity index is 804. The van der Waals surface area contributed by atoms with Crippen LogP contribution in [-0.2, 0) is 28.6 Å². The second kappa shape index (κ2) is 10.4. The van der Waals surface area contributed by atoms with Gasteiger partial charge in [0.2, 0.25) is 0 Å². The first-order valence-corrected chi connectivity index (χ1v) is 9.70. The average molecular weight is 420 g/mol. The van der Waals surface area contributed by atoms with Gasteiger partial charge in [0.05, 0.1) is 19.1 Å². The predicted octanol–water partition coefficient (Wildman–Crippen LogP) is 1.53. The van der Waals surface area contributed by atoms with Gasteiger partial charge in [-0.15, -0.1) is 0 Å². The smallest absolute Gasteiger partial charge is 0.334 e. The Kier molecular flexibility index (Phi) is 8.14. The quantitative estimate of drug-likeness (QED) is 0.297. The van der Waals surface area contributed by atoms with Gasteiger partial charge in [0.15, 0.2) is 0 Å². The summed E-state index contributed by atoms with van der Waals surface area (Å²) >= 11 is 0. The Morgan fingerprint density at radius 3 is 2.60 bits per heavy atom. The topological polar surface area (TPSA) is 119 Å². The first-order chi connectivity index (χ1) is 14.2. The number of esters is 3. The molecular formula is C22H28O8. The van der Waals surface area contributed by atoms with Crippen LogP contribution < -0.4 is 0 Å². The van der Waals surface area contributed by atoms with Crippen LogP contribution in [0, 0.1) is 5.92 Å². The number of ether oxygens (including phenoxy) is 3. The van der Waals surface area contributed by atoms with Crippen LogP contribution in [0.3, 0.4) is 0 Å². The highest BCUT2D eigenvalue weighted by molar-refractivity contribution is 5.92. The van der Waals surface area contributed by atoms with Crippen LogP contribution in [0.2, 0.25) is 0 Å². The molecule has 0 bridgehead atoms. The third-order valence-electron chi connectivity index (χ3n) is 5.17. The van der Waals surface area contributed by atoms with Gasteiger partial charge in [0.25, 0.3) is 0 Å². The minimum absolute atomic E-state index is 0.144. The molecule has 30 heavy (non-hydrogen) atoms. The van der Waals surface area contributed by atoms with Crippen molar-refractivity contribution in [1.29, 1.82) is 0 Å². The molecule has 0 radical (unpaired) electrons. The van der Waals surface area contributed by atoms with E-state index in [2.05, 4.69) is 6.58 Å². The minimum Gasteiger partial charge on any atom is -0.458 e. The van der Waals surface area contributed by atoms with E-state index in [-0.39, 0.29) is 30.8 Å². The van der Waals surface area contributed by atoms with Crippen molar-refractivity contribution in [1.82, 2.24) is 0 Å². The van der Waals surface area contributed by atoms with Gasteiger partial charge in [-0.25, -0.2) is 9.59 Å². The van der Waals surface area contributed by atoms with Crippen molar-refractivity contribution in [2.45, 2.75) is 51.9 Å². The van der Waals surface area contributed by atoms with Crippen LogP contribution in [0.4, 0.5) is 0 Å². The van der Waals surface area contributed by atoms with E-state index in [1.165, 1.54) is 19.9 Å². The Balaban J connectivity index is 2.46. The van der Waals surface area contributed by atoms with E-state index in [0.29, 0.717) is 17.6 Å². The van der Waals surface area contributed by atoms with E-state index in [9.17, 15) is 19.5 Å². The monoisotopic (exact) mass is 420 g/mol. The van der Waals surface area contributed by atoms with Gasteiger partial charge in [-0.3, -0.25) is 4.79 Å². The number of hydrogen-bond donors (Lipinski definition) is 2. The second-order valence-corrected chi connectivity index (χ2v) is 7.40. The fraction of sp³-hybridized carbons (Fsp3) is 0.500. The maximum absolute atomic E-state index is 12.5. The summed E-state index contributed by atoms with van der Waals surface area (Å²) in [4.78, 5) is 36.2. The molecule has 4 unspecified atom stereocenters. The van der Waals surface area contributed by atoms with Crippen molar-refractivity contribution >= 4 is 17.9 Å². The molecule has 1 saturated heterocycles. The number of aliphatic hydroxyl groups excluding tert-OH is 2. The molecule has 1 heterocycles. The van der Waals surface area contributed by atoms with Crippen LogP contribution in [0.5, 0.6) is 0 Å². The summed E-state index contributed by atoms with van der Waals surface area (Å²) in [7, 11) is 0. The molecule has 0 saturated carbocycles. The van der Waals surface area contributed by atoms with Crippen LogP contribution >= 0.6 is 0 Å². The van der Waals surface area contributed by atoms with Crippen LogP contribution in [0.25, 0.3) is 0 Å². The summed E-state index contributed by atoms with van der Waals surface area (Å²) in [6, 6.07) is 0. The first-order valence-electron chi connectivity index (χ1n) is 9.70. The molecule has 0 aromatic rings. The zero-order valence-electron chi connectivity index (χ0n) is 17.4. The zero-order valence-corrected chi connectivity index (χ0v) is 17.4. The van der Waals surface area contributed by atoms with Gasteiger partial charge in [-0.05, 0) is 37.1 Å². The molecule has 4 atom stereocenters. The Labute approximate surface area is 175 Å². The summed E-state index contributed by atoms with van der Waals surface area (Å²) in [6.45, 7) is 7.77. The molecule has 0 spiro atoms. The highest BCUT2D eigenvalue weighted by Crippen LogP contribution is 2.36. The third kappa shape index (κ3) is 5.67. The lowest BCUT2D eigenvalue weighted by Gasteiger charge is -2.29. The predicted molar refractivity (Wildman–Crippen MR) is 107 cm³/mol. The van der Waals surface area contributed by atoms with Crippen LogP contribution in [-0.4, -0.2) is 59.6 Å². The molecule has 2 rings (SSSR count). The fourth-order valence-electron chi connectivity index (χ4n) is 3.51. The molecule has 2 aliphatic rings. The van der Waals surface area contributed by atoms with Gasteiger partial charge in [-0.2, -0.15) is 0 Å². The van der Waals surface area contributed by atoms with Gasteiger partial charge < -0.3 is 24.4 Å². The highest BCUT2D eigenvalue weighted by atomic mass is 16.6. The average Bonchev–Trinajstić information content (AvgIpc) is 2.95. The summed E-state index contributed by atoms with van der Waals surface area (Å²) in [5.74, 6) is -2.38. The molecule has 0 amide bonds. The number of carbonyl (C=O) groups is 3. The molecule has 1 aliphatic heterocycles. The van der Waals surface area contributed by atoms with Gasteiger partial charge >= 0.3 is 17.9 Å². The molecule has 1 aliphatic carbocycles. The molecule has 0 aromatic carbocycles. The summed E-state index contributed by atoms with van der Waals surface area (Å²) < 4.78 is 16.5. The third-order valence-corrected chi connectivity index (χ3v) is 5.17. The lowest BCUT2D eigenvalue weighted by Crippen LogP contribution is -2.34. The van der Waals surface area contributed by atoms with Crippen molar-refractivity contribution in [3.8, 4) is 0 Å². The molecule has 0 aromatic heterocycles. The number of rotatable bonds is 5. The van der Waals surface area contributed by atoms with E-state index in [1.807, 2.05) is 0 Å². The first kappa shape index (κ1) is 23.6. The summed E-state index contributed by atoms with van der Waals surface area (Å²) in [5, 5.41) is 18.8. The SMILES string of the molecule is C=C1C(=O)OC2/C=C(/C)C(OC(C)=O)C/C=C(/CO)CC(OC(=O)/C(C)=C/CO)C12. The summed E-state index contributed by atoms with van der Waals surface area (Å²) in [5.41, 5.74) is 1.61. The zero-order chi connectivity index (χ0) is 22.4. The van der Waals surface area contributed by atoms with Gasteiger partial charge in [0, 0.05) is 30.9 Å². The van der Waals surface area contributed by atoms with E-state index in [1.54, 1.807) is 19.1 Å². The Morgan fingerprint density at radius 1 is 1.30 bits per heavy atom. The van der Waals surface area contributed by atoms with E-state index in [0.717, 1.165) is 0 Å². The largest absolute Gasteiger partial charge is 0.458 e. The van der Waals surface area contributed by atoms with Gasteiger partial charge in [0.1, 0.15) is 18.3 Å². The minimum atomic E-state index is -0.823.